The number of nitrogen functional groups attached to an aromatic ring is 1. The molecule has 0 saturated carbocycles. The molecule has 2 heterocycles. The number of nitrogens with zero attached hydrogens (tertiary/aromatic N) is 2. The van der Waals surface area contributed by atoms with Crippen LogP contribution in [0.4, 0.5) is 11.5 Å². The number of rotatable bonds is 5. The van der Waals surface area contributed by atoms with Gasteiger partial charge in [-0.2, -0.15) is 4.98 Å². The third-order valence-electron chi connectivity index (χ3n) is 2.45. The number of hydrogen-bond donors (Lipinski definition) is 2. The predicted molar refractivity (Wildman–Crippen MR) is 74.2 cm³/mol. The van der Waals surface area contributed by atoms with Gasteiger partial charge in [0, 0.05) is 24.4 Å². The predicted octanol–water partition coefficient (Wildman–Crippen LogP) is 2.09. The third kappa shape index (κ3) is 3.10. The normalized spacial score (nSPS) is 10.3. The van der Waals surface area contributed by atoms with Crippen molar-refractivity contribution >= 4 is 22.8 Å². The molecule has 0 unspecified atom stereocenters. The Kier molecular flexibility index (Phi) is 3.99. The van der Waals surface area contributed by atoms with Gasteiger partial charge in [-0.25, -0.2) is 4.98 Å². The Hall–Kier alpha value is -1.82. The van der Waals surface area contributed by atoms with E-state index in [9.17, 15) is 0 Å². The molecule has 18 heavy (non-hydrogen) atoms. The number of hydrogen-bond acceptors (Lipinski definition) is 6. The van der Waals surface area contributed by atoms with Crippen LogP contribution < -0.4 is 15.8 Å². The first-order chi connectivity index (χ1) is 8.69. The number of methoxy groups -OCH3 is 1. The molecule has 0 aliphatic rings. The van der Waals surface area contributed by atoms with Gasteiger partial charge in [-0.3, -0.25) is 0 Å². The van der Waals surface area contributed by atoms with Crippen LogP contribution in [0, 0.1) is 6.92 Å². The number of ether oxygens (including phenoxy) is 1. The van der Waals surface area contributed by atoms with Gasteiger partial charge in [0.25, 0.3) is 0 Å². The average Bonchev–Trinajstić information content (AvgIpc) is 2.77. The van der Waals surface area contributed by atoms with Crippen LogP contribution in [0.5, 0.6) is 5.88 Å². The zero-order chi connectivity index (χ0) is 13.0. The van der Waals surface area contributed by atoms with Crippen molar-refractivity contribution in [3.05, 3.63) is 28.2 Å². The van der Waals surface area contributed by atoms with Crippen molar-refractivity contribution in [1.29, 1.82) is 0 Å². The number of nitrogens with two attached hydrogens (primary N) is 1. The second kappa shape index (κ2) is 5.68. The van der Waals surface area contributed by atoms with E-state index in [0.29, 0.717) is 17.4 Å². The first-order valence-corrected chi connectivity index (χ1v) is 6.52. The van der Waals surface area contributed by atoms with Crippen molar-refractivity contribution in [3.63, 3.8) is 0 Å². The number of anilines is 2. The molecule has 0 atom stereocenters. The van der Waals surface area contributed by atoms with E-state index in [1.54, 1.807) is 30.6 Å². The maximum atomic E-state index is 5.83. The summed E-state index contributed by atoms with van der Waals surface area (Å²) in [6, 6.07) is 3.52. The van der Waals surface area contributed by atoms with Gasteiger partial charge in [0.15, 0.2) is 5.82 Å². The number of aromatic nitrogens is 2. The SMILES string of the molecule is COc1ccc(N)c(NCCc2csc(C)n2)n1. The monoisotopic (exact) mass is 264 g/mol. The van der Waals surface area contributed by atoms with Crippen molar-refractivity contribution in [3.8, 4) is 5.88 Å². The van der Waals surface area contributed by atoms with Crippen LogP contribution in [0.2, 0.25) is 0 Å². The van der Waals surface area contributed by atoms with E-state index in [1.165, 1.54) is 0 Å². The summed E-state index contributed by atoms with van der Waals surface area (Å²) in [7, 11) is 1.58. The Morgan fingerprint density at radius 3 is 2.89 bits per heavy atom. The molecule has 96 valence electrons. The minimum absolute atomic E-state index is 0.552. The van der Waals surface area contributed by atoms with Crippen LogP contribution in [-0.2, 0) is 6.42 Å². The van der Waals surface area contributed by atoms with Crippen LogP contribution in [0.25, 0.3) is 0 Å². The molecule has 0 spiro atoms. The van der Waals surface area contributed by atoms with Gasteiger partial charge >= 0.3 is 0 Å². The van der Waals surface area contributed by atoms with Crippen LogP contribution >= 0.6 is 11.3 Å². The maximum absolute atomic E-state index is 5.83. The Balaban J connectivity index is 1.93. The standard InChI is InChI=1S/C12H16N4OS/c1-8-15-9(7-18-8)5-6-14-12-10(13)3-4-11(16-12)17-2/h3-4,7H,5-6,13H2,1-2H3,(H,14,16). The molecular weight excluding hydrogens is 248 g/mol. The van der Waals surface area contributed by atoms with E-state index in [1.807, 2.05) is 6.92 Å². The maximum Gasteiger partial charge on any atom is 0.215 e. The van der Waals surface area contributed by atoms with Crippen LogP contribution in [0.3, 0.4) is 0 Å². The lowest BCUT2D eigenvalue weighted by Crippen LogP contribution is -2.09. The van der Waals surface area contributed by atoms with Crippen LogP contribution in [0.1, 0.15) is 10.7 Å². The summed E-state index contributed by atoms with van der Waals surface area (Å²) in [6.07, 6.45) is 0.850. The van der Waals surface area contributed by atoms with E-state index >= 15 is 0 Å². The third-order valence-corrected chi connectivity index (χ3v) is 3.27. The van der Waals surface area contributed by atoms with Gasteiger partial charge in [0.1, 0.15) is 0 Å². The molecule has 6 heteroatoms. The molecule has 0 amide bonds. The number of aryl methyl sites for hydroxylation is 1. The summed E-state index contributed by atoms with van der Waals surface area (Å²) >= 11 is 1.66. The van der Waals surface area contributed by atoms with E-state index in [0.717, 1.165) is 23.7 Å². The molecule has 5 nitrogen and oxygen atoms in total. The largest absolute Gasteiger partial charge is 0.481 e. The zero-order valence-electron chi connectivity index (χ0n) is 10.4. The molecule has 0 saturated heterocycles. The number of nitrogens with one attached hydrogen (secondary N) is 1. The van der Waals surface area contributed by atoms with Crippen LogP contribution in [-0.4, -0.2) is 23.6 Å². The molecule has 2 aromatic rings. The summed E-state index contributed by atoms with van der Waals surface area (Å²) in [4.78, 5) is 8.65. The van der Waals surface area contributed by atoms with Crippen molar-refractivity contribution in [2.45, 2.75) is 13.3 Å². The Labute approximate surface area is 110 Å². The summed E-state index contributed by atoms with van der Waals surface area (Å²) in [6.45, 7) is 2.75. The number of thiazole rings is 1. The van der Waals surface area contributed by atoms with Gasteiger partial charge < -0.3 is 15.8 Å². The molecular formula is C12H16N4OS. The van der Waals surface area contributed by atoms with Gasteiger partial charge in [-0.15, -0.1) is 11.3 Å². The molecule has 2 rings (SSSR count). The Bertz CT molecular complexity index is 527. The summed E-state index contributed by atoms with van der Waals surface area (Å²) in [5.74, 6) is 1.21. The lowest BCUT2D eigenvalue weighted by molar-refractivity contribution is 0.398. The second-order valence-electron chi connectivity index (χ2n) is 3.83. The quantitative estimate of drug-likeness (QED) is 0.865. The average molecular weight is 264 g/mol. The Morgan fingerprint density at radius 2 is 2.22 bits per heavy atom. The second-order valence-corrected chi connectivity index (χ2v) is 4.89. The first-order valence-electron chi connectivity index (χ1n) is 5.64. The topological polar surface area (TPSA) is 73.1 Å². The molecule has 0 radical (unpaired) electrons. The van der Waals surface area contributed by atoms with Crippen molar-refractivity contribution in [2.24, 2.45) is 0 Å². The lowest BCUT2D eigenvalue weighted by Gasteiger charge is -2.08. The highest BCUT2D eigenvalue weighted by Crippen LogP contribution is 2.19. The summed E-state index contributed by atoms with van der Waals surface area (Å²) in [5, 5.41) is 6.35. The van der Waals surface area contributed by atoms with Gasteiger partial charge in [0.05, 0.1) is 23.5 Å². The van der Waals surface area contributed by atoms with Gasteiger partial charge in [-0.05, 0) is 13.0 Å². The van der Waals surface area contributed by atoms with E-state index in [-0.39, 0.29) is 0 Å². The highest BCUT2D eigenvalue weighted by atomic mass is 32.1. The fourth-order valence-corrected chi connectivity index (χ4v) is 2.19. The highest BCUT2D eigenvalue weighted by Gasteiger charge is 2.03. The lowest BCUT2D eigenvalue weighted by atomic mass is 10.3. The van der Waals surface area contributed by atoms with E-state index in [4.69, 9.17) is 10.5 Å². The molecule has 0 aliphatic carbocycles. The zero-order valence-corrected chi connectivity index (χ0v) is 11.3. The minimum atomic E-state index is 0.552. The minimum Gasteiger partial charge on any atom is -0.481 e. The fraction of sp³-hybridized carbons (Fsp3) is 0.333. The van der Waals surface area contributed by atoms with Gasteiger partial charge in [-0.1, -0.05) is 0 Å². The van der Waals surface area contributed by atoms with E-state index < -0.39 is 0 Å². The Morgan fingerprint density at radius 1 is 1.39 bits per heavy atom. The first kappa shape index (κ1) is 12.6. The molecule has 0 fully saturated rings. The molecule has 2 aromatic heterocycles. The summed E-state index contributed by atoms with van der Waals surface area (Å²) < 4.78 is 5.06. The van der Waals surface area contributed by atoms with Crippen LogP contribution in [0.15, 0.2) is 17.5 Å². The molecule has 0 aliphatic heterocycles. The molecule has 3 N–H and O–H groups in total. The van der Waals surface area contributed by atoms with Crippen molar-refractivity contribution < 1.29 is 4.74 Å². The van der Waals surface area contributed by atoms with E-state index in [2.05, 4.69) is 20.7 Å². The van der Waals surface area contributed by atoms with Crippen molar-refractivity contribution in [1.82, 2.24) is 9.97 Å². The summed E-state index contributed by atoms with van der Waals surface area (Å²) in [5.41, 5.74) is 7.54. The van der Waals surface area contributed by atoms with Gasteiger partial charge in [0.2, 0.25) is 5.88 Å². The fourth-order valence-electron chi connectivity index (χ4n) is 1.54. The molecule has 0 bridgehead atoms. The molecule has 0 aromatic carbocycles. The smallest absolute Gasteiger partial charge is 0.215 e. The number of pyridine rings is 1. The highest BCUT2D eigenvalue weighted by molar-refractivity contribution is 7.09. The van der Waals surface area contributed by atoms with Crippen molar-refractivity contribution in [2.75, 3.05) is 24.7 Å².